The Labute approximate surface area is 156 Å². The van der Waals surface area contributed by atoms with Crippen molar-refractivity contribution in [3.05, 3.63) is 11.6 Å². The third-order valence-corrected chi connectivity index (χ3v) is 8.31. The zero-order valence-corrected chi connectivity index (χ0v) is 16.4. The normalized spacial score (nSPS) is 44.6. The van der Waals surface area contributed by atoms with Crippen molar-refractivity contribution in [2.24, 2.45) is 28.6 Å². The molecule has 0 aromatic carbocycles. The van der Waals surface area contributed by atoms with Crippen LogP contribution in [0.4, 0.5) is 0 Å². The Kier molecular flexibility index (Phi) is 4.53. The van der Waals surface area contributed by atoms with Crippen molar-refractivity contribution in [2.45, 2.75) is 71.3 Å². The van der Waals surface area contributed by atoms with E-state index in [0.717, 1.165) is 45.1 Å². The van der Waals surface area contributed by atoms with Crippen molar-refractivity contribution in [3.8, 4) is 0 Å². The fourth-order valence-corrected chi connectivity index (χ4v) is 7.24. The van der Waals surface area contributed by atoms with Crippen molar-refractivity contribution in [1.82, 2.24) is 0 Å². The van der Waals surface area contributed by atoms with Gasteiger partial charge in [0.2, 0.25) is 0 Å². The Morgan fingerprint density at radius 1 is 1.15 bits per heavy atom. The topological polar surface area (TPSA) is 52.6 Å². The van der Waals surface area contributed by atoms with Crippen LogP contribution in [0.15, 0.2) is 11.6 Å². The molecule has 6 atom stereocenters. The minimum Gasteiger partial charge on any atom is -0.462 e. The van der Waals surface area contributed by atoms with Crippen LogP contribution in [-0.2, 0) is 19.1 Å². The van der Waals surface area contributed by atoms with Crippen molar-refractivity contribution >= 4 is 11.8 Å². The van der Waals surface area contributed by atoms with Crippen molar-refractivity contribution < 1.29 is 19.1 Å². The molecule has 0 saturated heterocycles. The average Bonchev–Trinajstić information content (AvgIpc) is 2.91. The summed E-state index contributed by atoms with van der Waals surface area (Å²) in [5, 5.41) is 0. The van der Waals surface area contributed by atoms with Gasteiger partial charge in [-0.1, -0.05) is 12.5 Å². The summed E-state index contributed by atoms with van der Waals surface area (Å²) >= 11 is 0. The van der Waals surface area contributed by atoms with Gasteiger partial charge >= 0.3 is 5.97 Å². The van der Waals surface area contributed by atoms with Gasteiger partial charge in [-0.05, 0) is 68.8 Å². The van der Waals surface area contributed by atoms with Crippen LogP contribution in [-0.4, -0.2) is 31.6 Å². The zero-order valence-electron chi connectivity index (χ0n) is 16.4. The number of methoxy groups -OCH3 is 1. The highest BCUT2D eigenvalue weighted by Crippen LogP contribution is 2.65. The van der Waals surface area contributed by atoms with Crippen molar-refractivity contribution in [3.63, 3.8) is 0 Å². The third-order valence-electron chi connectivity index (χ3n) is 8.31. The second kappa shape index (κ2) is 6.47. The predicted octanol–water partition coefficient (Wildman–Crippen LogP) is 4.08. The number of rotatable bonds is 3. The number of ketones is 1. The van der Waals surface area contributed by atoms with Gasteiger partial charge in [-0.25, -0.2) is 0 Å². The molecule has 4 rings (SSSR count). The van der Waals surface area contributed by atoms with E-state index in [9.17, 15) is 9.59 Å². The van der Waals surface area contributed by atoms with E-state index in [4.69, 9.17) is 9.47 Å². The first-order valence-corrected chi connectivity index (χ1v) is 10.3. The van der Waals surface area contributed by atoms with Crippen LogP contribution < -0.4 is 0 Å². The molecule has 0 aromatic heterocycles. The molecule has 0 bridgehead atoms. The van der Waals surface area contributed by atoms with Crippen LogP contribution >= 0.6 is 0 Å². The summed E-state index contributed by atoms with van der Waals surface area (Å²) in [5.41, 5.74) is 1.54. The largest absolute Gasteiger partial charge is 0.462 e. The summed E-state index contributed by atoms with van der Waals surface area (Å²) in [6.07, 6.45) is 10.3. The van der Waals surface area contributed by atoms with Gasteiger partial charge in [0.05, 0.1) is 6.61 Å². The fourth-order valence-electron chi connectivity index (χ4n) is 7.24. The molecule has 0 N–H and O–H groups in total. The van der Waals surface area contributed by atoms with Crippen molar-refractivity contribution in [2.75, 3.05) is 13.7 Å². The molecule has 3 saturated carbocycles. The van der Waals surface area contributed by atoms with Crippen LogP contribution in [0.2, 0.25) is 0 Å². The number of carbonyl (C=O) groups is 2. The number of esters is 1. The minimum absolute atomic E-state index is 0.0619. The molecular weight excluding hydrogens is 328 g/mol. The van der Waals surface area contributed by atoms with E-state index in [0.29, 0.717) is 30.0 Å². The SMILES string of the molecule is COCC12CCC(=O)C=C1CCC1C2CCC2(C)C(OC(C)=O)CCC12. The van der Waals surface area contributed by atoms with Gasteiger partial charge in [-0.15, -0.1) is 0 Å². The first kappa shape index (κ1) is 18.2. The number of ether oxygens (including phenoxy) is 2. The molecule has 0 radical (unpaired) electrons. The first-order valence-electron chi connectivity index (χ1n) is 10.3. The highest BCUT2D eigenvalue weighted by molar-refractivity contribution is 5.91. The van der Waals surface area contributed by atoms with Crippen LogP contribution in [0.5, 0.6) is 0 Å². The molecule has 6 unspecified atom stereocenters. The predicted molar refractivity (Wildman–Crippen MR) is 98.5 cm³/mol. The molecule has 0 amide bonds. The van der Waals surface area contributed by atoms with Crippen LogP contribution in [0.1, 0.15) is 65.2 Å². The molecule has 4 aliphatic rings. The highest BCUT2D eigenvalue weighted by Gasteiger charge is 2.61. The molecule has 3 fully saturated rings. The quantitative estimate of drug-likeness (QED) is 0.712. The maximum atomic E-state index is 12.0. The highest BCUT2D eigenvalue weighted by atomic mass is 16.5. The van der Waals surface area contributed by atoms with E-state index >= 15 is 0 Å². The summed E-state index contributed by atoms with van der Waals surface area (Å²) in [5.74, 6) is 2.04. The molecule has 0 heterocycles. The Hall–Kier alpha value is -1.16. The van der Waals surface area contributed by atoms with E-state index in [1.807, 2.05) is 6.08 Å². The van der Waals surface area contributed by atoms with Gasteiger partial charge in [0, 0.05) is 31.3 Å². The lowest BCUT2D eigenvalue weighted by atomic mass is 9.47. The second-order valence-corrected chi connectivity index (χ2v) is 9.36. The number of hydrogen-bond donors (Lipinski definition) is 0. The fraction of sp³-hybridized carbons (Fsp3) is 0.818. The summed E-state index contributed by atoms with van der Waals surface area (Å²) in [6.45, 7) is 4.63. The Morgan fingerprint density at radius 3 is 2.69 bits per heavy atom. The van der Waals surface area contributed by atoms with Crippen LogP contribution in [0.25, 0.3) is 0 Å². The summed E-state index contributed by atoms with van der Waals surface area (Å²) in [7, 11) is 1.80. The number of carbonyl (C=O) groups excluding carboxylic acids is 2. The standard InChI is InChI=1S/C22H32O4/c1-14(23)26-20-7-6-18-17-5-4-15-12-16(24)8-11-22(15,13-25-3)19(17)9-10-21(18,20)2/h12,17-20H,4-11,13H2,1-3H3. The minimum atomic E-state index is -0.144. The lowest BCUT2D eigenvalue weighted by Crippen LogP contribution is -2.54. The second-order valence-electron chi connectivity index (χ2n) is 9.36. The molecular formula is C22H32O4. The molecule has 144 valence electrons. The Balaban J connectivity index is 1.65. The van der Waals surface area contributed by atoms with Gasteiger partial charge in [0.1, 0.15) is 6.10 Å². The lowest BCUT2D eigenvalue weighted by Gasteiger charge is -2.58. The molecule has 4 aliphatic carbocycles. The van der Waals surface area contributed by atoms with Gasteiger partial charge in [-0.2, -0.15) is 0 Å². The maximum Gasteiger partial charge on any atom is 0.302 e. The summed E-state index contributed by atoms with van der Waals surface area (Å²) in [6, 6.07) is 0. The first-order chi connectivity index (χ1) is 12.4. The van der Waals surface area contributed by atoms with Crippen LogP contribution in [0.3, 0.4) is 0 Å². The van der Waals surface area contributed by atoms with E-state index in [2.05, 4.69) is 6.92 Å². The summed E-state index contributed by atoms with van der Waals surface area (Å²) < 4.78 is 11.5. The number of hydrogen-bond acceptors (Lipinski definition) is 4. The lowest BCUT2D eigenvalue weighted by molar-refractivity contribution is -0.158. The van der Waals surface area contributed by atoms with Crippen LogP contribution in [0, 0.1) is 28.6 Å². The summed E-state index contributed by atoms with van der Waals surface area (Å²) in [4.78, 5) is 23.6. The number of fused-ring (bicyclic) bond motifs is 5. The molecule has 4 heteroatoms. The Morgan fingerprint density at radius 2 is 1.96 bits per heavy atom. The van der Waals surface area contributed by atoms with Gasteiger partial charge in [-0.3, -0.25) is 9.59 Å². The smallest absolute Gasteiger partial charge is 0.302 e. The van der Waals surface area contributed by atoms with E-state index in [1.165, 1.54) is 18.9 Å². The molecule has 0 spiro atoms. The van der Waals surface area contributed by atoms with E-state index < -0.39 is 0 Å². The Bertz CT molecular complexity index is 638. The average molecular weight is 360 g/mol. The third kappa shape index (κ3) is 2.59. The monoisotopic (exact) mass is 360 g/mol. The molecule has 0 aromatic rings. The van der Waals surface area contributed by atoms with Gasteiger partial charge < -0.3 is 9.47 Å². The molecule has 4 nitrogen and oxygen atoms in total. The van der Waals surface area contributed by atoms with Gasteiger partial charge in [0.15, 0.2) is 5.78 Å². The molecule has 0 aliphatic heterocycles. The van der Waals surface area contributed by atoms with E-state index in [1.54, 1.807) is 7.11 Å². The maximum absolute atomic E-state index is 12.0. The van der Waals surface area contributed by atoms with E-state index in [-0.39, 0.29) is 22.9 Å². The van der Waals surface area contributed by atoms with Gasteiger partial charge in [0.25, 0.3) is 0 Å². The molecule has 26 heavy (non-hydrogen) atoms. The zero-order chi connectivity index (χ0) is 18.5. The van der Waals surface area contributed by atoms with Crippen molar-refractivity contribution in [1.29, 1.82) is 0 Å².